The monoisotopic (exact) mass is 351 g/mol. The van der Waals surface area contributed by atoms with Crippen LogP contribution in [-0.4, -0.2) is 49.4 Å². The molecule has 6 heteroatoms. The van der Waals surface area contributed by atoms with E-state index < -0.39 is 5.92 Å². The van der Waals surface area contributed by atoms with Gasteiger partial charge < -0.3 is 15.1 Å². The maximum atomic E-state index is 12.5. The predicted molar refractivity (Wildman–Crippen MR) is 97.3 cm³/mol. The highest BCUT2D eigenvalue weighted by Gasteiger charge is 2.37. The Morgan fingerprint density at radius 2 is 1.96 bits per heavy atom. The molecule has 1 fully saturated rings. The van der Waals surface area contributed by atoms with Gasteiger partial charge in [0.15, 0.2) is 0 Å². The van der Waals surface area contributed by atoms with E-state index in [2.05, 4.69) is 24.1 Å². The Morgan fingerprint density at radius 1 is 1.29 bits per heavy atom. The molecule has 0 unspecified atom stereocenters. The number of halogens is 1. The first-order chi connectivity index (χ1) is 11.6. The van der Waals surface area contributed by atoms with Crippen molar-refractivity contribution in [1.82, 2.24) is 10.2 Å². The van der Waals surface area contributed by atoms with Gasteiger partial charge in [0.1, 0.15) is 5.92 Å². The molecule has 5 nitrogen and oxygen atoms in total. The summed E-state index contributed by atoms with van der Waals surface area (Å²) in [7, 11) is 0. The van der Waals surface area contributed by atoms with Crippen LogP contribution in [0.5, 0.6) is 0 Å². The van der Waals surface area contributed by atoms with Gasteiger partial charge >= 0.3 is 0 Å². The van der Waals surface area contributed by atoms with Crippen molar-refractivity contribution >= 4 is 29.1 Å². The lowest BCUT2D eigenvalue weighted by Gasteiger charge is -2.18. The van der Waals surface area contributed by atoms with Gasteiger partial charge in [0.05, 0.1) is 0 Å². The van der Waals surface area contributed by atoms with E-state index in [1.165, 1.54) is 0 Å². The third-order valence-electron chi connectivity index (χ3n) is 4.51. The highest BCUT2D eigenvalue weighted by molar-refractivity contribution is 6.30. The van der Waals surface area contributed by atoms with Crippen LogP contribution in [0, 0.1) is 5.92 Å². The Kier molecular flexibility index (Phi) is 7.06. The molecule has 1 atom stereocenters. The van der Waals surface area contributed by atoms with E-state index in [1.54, 1.807) is 17.0 Å². The summed E-state index contributed by atoms with van der Waals surface area (Å²) in [5, 5.41) is 3.54. The van der Waals surface area contributed by atoms with Crippen LogP contribution in [0.2, 0.25) is 5.02 Å². The van der Waals surface area contributed by atoms with Gasteiger partial charge in [-0.3, -0.25) is 9.59 Å². The van der Waals surface area contributed by atoms with Crippen LogP contribution >= 0.6 is 11.6 Å². The van der Waals surface area contributed by atoms with Crippen molar-refractivity contribution in [3.05, 3.63) is 29.3 Å². The molecule has 1 heterocycles. The van der Waals surface area contributed by atoms with Crippen LogP contribution in [0.4, 0.5) is 5.69 Å². The Morgan fingerprint density at radius 3 is 2.58 bits per heavy atom. The average Bonchev–Trinajstić information content (AvgIpc) is 2.97. The summed E-state index contributed by atoms with van der Waals surface area (Å²) in [5.41, 5.74) is 0.793. The molecule has 1 N–H and O–H groups in total. The summed E-state index contributed by atoms with van der Waals surface area (Å²) >= 11 is 5.88. The Balaban J connectivity index is 1.81. The van der Waals surface area contributed by atoms with E-state index in [4.69, 9.17) is 11.6 Å². The number of anilines is 1. The fraction of sp³-hybridized carbons (Fsp3) is 0.556. The second-order valence-electron chi connectivity index (χ2n) is 5.98. The molecule has 0 saturated carbocycles. The number of nitrogens with zero attached hydrogens (tertiary/aromatic N) is 2. The van der Waals surface area contributed by atoms with Crippen LogP contribution < -0.4 is 10.2 Å². The van der Waals surface area contributed by atoms with Crippen molar-refractivity contribution in [1.29, 1.82) is 0 Å². The van der Waals surface area contributed by atoms with E-state index in [-0.39, 0.29) is 11.8 Å². The first kappa shape index (κ1) is 18.7. The van der Waals surface area contributed by atoms with E-state index in [9.17, 15) is 9.59 Å². The first-order valence-electron chi connectivity index (χ1n) is 8.63. The third-order valence-corrected chi connectivity index (χ3v) is 4.76. The summed E-state index contributed by atoms with van der Waals surface area (Å²) in [6.45, 7) is 8.43. The van der Waals surface area contributed by atoms with Gasteiger partial charge in [0.2, 0.25) is 11.8 Å². The molecule has 1 aromatic rings. The van der Waals surface area contributed by atoms with Crippen molar-refractivity contribution < 1.29 is 9.59 Å². The van der Waals surface area contributed by atoms with Crippen molar-refractivity contribution in [2.24, 2.45) is 5.92 Å². The van der Waals surface area contributed by atoms with Gasteiger partial charge in [-0.2, -0.15) is 0 Å². The zero-order valence-corrected chi connectivity index (χ0v) is 15.2. The number of benzene rings is 1. The number of carbonyl (C=O) groups excluding carboxylic acids is 2. The molecule has 0 aliphatic carbocycles. The van der Waals surface area contributed by atoms with E-state index in [0.29, 0.717) is 24.5 Å². The highest BCUT2D eigenvalue weighted by Crippen LogP contribution is 2.26. The van der Waals surface area contributed by atoms with Gasteiger partial charge in [-0.05, 0) is 56.7 Å². The maximum absolute atomic E-state index is 12.5. The molecular weight excluding hydrogens is 326 g/mol. The minimum Gasteiger partial charge on any atom is -0.355 e. The molecule has 0 bridgehead atoms. The number of hydrogen-bond acceptors (Lipinski definition) is 3. The number of rotatable bonds is 8. The first-order valence-corrected chi connectivity index (χ1v) is 9.01. The van der Waals surface area contributed by atoms with Crippen LogP contribution in [-0.2, 0) is 9.59 Å². The van der Waals surface area contributed by atoms with Gasteiger partial charge in [-0.15, -0.1) is 0 Å². The molecule has 0 radical (unpaired) electrons. The summed E-state index contributed by atoms with van der Waals surface area (Å²) in [6, 6.07) is 7.13. The van der Waals surface area contributed by atoms with Crippen molar-refractivity contribution in [3.63, 3.8) is 0 Å². The molecular formula is C18H26ClN3O2. The zero-order valence-electron chi connectivity index (χ0n) is 14.4. The molecule has 2 amide bonds. The van der Waals surface area contributed by atoms with Crippen LogP contribution in [0.1, 0.15) is 26.7 Å². The fourth-order valence-electron chi connectivity index (χ4n) is 2.98. The molecule has 1 aliphatic rings. The van der Waals surface area contributed by atoms with Gasteiger partial charge in [0.25, 0.3) is 0 Å². The van der Waals surface area contributed by atoms with E-state index >= 15 is 0 Å². The second-order valence-corrected chi connectivity index (χ2v) is 6.42. The molecule has 132 valence electrons. The predicted octanol–water partition coefficient (Wildman–Crippen LogP) is 2.54. The Labute approximate surface area is 149 Å². The average molecular weight is 352 g/mol. The van der Waals surface area contributed by atoms with Gasteiger partial charge in [-0.1, -0.05) is 25.4 Å². The standard InChI is InChI=1S/C18H26ClN3O2/c1-3-21(4-2)12-5-11-20-17(23)16-10-13-22(18(16)24)15-8-6-14(19)7-9-15/h6-9,16H,3-5,10-13H2,1-2H3,(H,20,23)/t16-/m0/s1. The summed E-state index contributed by atoms with van der Waals surface area (Å²) in [5.74, 6) is -0.858. The minimum atomic E-state index is -0.575. The van der Waals surface area contributed by atoms with Crippen molar-refractivity contribution in [3.8, 4) is 0 Å². The quantitative estimate of drug-likeness (QED) is 0.578. The normalized spacial score (nSPS) is 17.6. The Bertz CT molecular complexity index is 558. The van der Waals surface area contributed by atoms with Crippen LogP contribution in [0.25, 0.3) is 0 Å². The number of carbonyl (C=O) groups is 2. The number of amides is 2. The van der Waals surface area contributed by atoms with Crippen LogP contribution in [0.3, 0.4) is 0 Å². The van der Waals surface area contributed by atoms with Gasteiger partial charge in [-0.25, -0.2) is 0 Å². The lowest BCUT2D eigenvalue weighted by Crippen LogP contribution is -2.38. The lowest BCUT2D eigenvalue weighted by atomic mass is 10.1. The Hall–Kier alpha value is -1.59. The SMILES string of the molecule is CCN(CC)CCCNC(=O)[C@@H]1CCN(c2ccc(Cl)cc2)C1=O. The van der Waals surface area contributed by atoms with E-state index in [1.807, 2.05) is 12.1 Å². The number of nitrogens with one attached hydrogen (secondary N) is 1. The molecule has 1 aromatic carbocycles. The topological polar surface area (TPSA) is 52.7 Å². The lowest BCUT2D eigenvalue weighted by molar-refractivity contribution is -0.132. The summed E-state index contributed by atoms with van der Waals surface area (Å²) in [4.78, 5) is 28.7. The number of hydrogen-bond donors (Lipinski definition) is 1. The fourth-order valence-corrected chi connectivity index (χ4v) is 3.10. The smallest absolute Gasteiger partial charge is 0.239 e. The summed E-state index contributed by atoms with van der Waals surface area (Å²) in [6.07, 6.45) is 1.46. The summed E-state index contributed by atoms with van der Waals surface area (Å²) < 4.78 is 0. The molecule has 0 spiro atoms. The molecule has 0 aromatic heterocycles. The zero-order chi connectivity index (χ0) is 17.5. The largest absolute Gasteiger partial charge is 0.355 e. The van der Waals surface area contributed by atoms with Crippen LogP contribution in [0.15, 0.2) is 24.3 Å². The van der Waals surface area contributed by atoms with Crippen molar-refractivity contribution in [2.75, 3.05) is 37.6 Å². The minimum absolute atomic E-state index is 0.126. The molecule has 1 saturated heterocycles. The maximum Gasteiger partial charge on any atom is 0.239 e. The highest BCUT2D eigenvalue weighted by atomic mass is 35.5. The molecule has 24 heavy (non-hydrogen) atoms. The molecule has 2 rings (SSSR count). The van der Waals surface area contributed by atoms with Gasteiger partial charge in [0, 0.05) is 23.8 Å². The van der Waals surface area contributed by atoms with Crippen molar-refractivity contribution in [2.45, 2.75) is 26.7 Å². The van der Waals surface area contributed by atoms with E-state index in [0.717, 1.165) is 31.7 Å². The second kappa shape index (κ2) is 9.04. The third kappa shape index (κ3) is 4.71. The molecule has 1 aliphatic heterocycles.